The molecule has 3 rings (SSSR count). The third-order valence-electron chi connectivity index (χ3n) is 4.93. The highest BCUT2D eigenvalue weighted by Gasteiger charge is 2.17. The molecule has 2 aromatic rings. The van der Waals surface area contributed by atoms with E-state index >= 15 is 0 Å². The van der Waals surface area contributed by atoms with Crippen LogP contribution in [0.2, 0.25) is 0 Å². The van der Waals surface area contributed by atoms with Gasteiger partial charge in [-0.05, 0) is 37.1 Å². The van der Waals surface area contributed by atoms with Crippen LogP contribution >= 0.6 is 0 Å². The molecule has 26 heavy (non-hydrogen) atoms. The number of benzene rings is 1. The molecule has 2 heterocycles. The first kappa shape index (κ1) is 18.4. The summed E-state index contributed by atoms with van der Waals surface area (Å²) in [6.45, 7) is 8.09. The van der Waals surface area contributed by atoms with Crippen molar-refractivity contribution in [2.75, 3.05) is 44.2 Å². The van der Waals surface area contributed by atoms with Crippen molar-refractivity contribution in [3.8, 4) is 0 Å². The quantitative estimate of drug-likeness (QED) is 0.778. The molecule has 0 aliphatic carbocycles. The van der Waals surface area contributed by atoms with Gasteiger partial charge in [0.15, 0.2) is 0 Å². The molecule has 5 heteroatoms. The molecule has 1 aromatic heterocycles. The molecule has 0 saturated carbocycles. The van der Waals surface area contributed by atoms with Gasteiger partial charge < -0.3 is 15.1 Å². The van der Waals surface area contributed by atoms with Crippen LogP contribution in [-0.2, 0) is 6.42 Å². The zero-order chi connectivity index (χ0) is 18.2. The van der Waals surface area contributed by atoms with E-state index in [-0.39, 0.29) is 5.91 Å². The Bertz CT molecular complexity index is 696. The van der Waals surface area contributed by atoms with Gasteiger partial charge >= 0.3 is 0 Å². The van der Waals surface area contributed by atoms with Gasteiger partial charge in [-0.1, -0.05) is 37.3 Å². The number of amides is 1. The van der Waals surface area contributed by atoms with Gasteiger partial charge in [-0.15, -0.1) is 0 Å². The molecule has 1 saturated heterocycles. The van der Waals surface area contributed by atoms with Gasteiger partial charge in [0.1, 0.15) is 5.69 Å². The highest BCUT2D eigenvalue weighted by atomic mass is 16.1. The standard InChI is InChI=1S/C21H28N4O/c1-2-24-13-15-25(16-14-24)19-10-12-22-20(17-19)21(26)23-11-6-9-18-7-4-3-5-8-18/h3-5,7-8,10,12,17H,2,6,9,11,13-16H2,1H3,(H,23,26). The zero-order valence-electron chi connectivity index (χ0n) is 15.5. The van der Waals surface area contributed by atoms with Crippen molar-refractivity contribution in [2.24, 2.45) is 0 Å². The highest BCUT2D eigenvalue weighted by molar-refractivity contribution is 5.93. The largest absolute Gasteiger partial charge is 0.369 e. The molecular weight excluding hydrogens is 324 g/mol. The van der Waals surface area contributed by atoms with Crippen molar-refractivity contribution in [1.82, 2.24) is 15.2 Å². The number of nitrogens with zero attached hydrogens (tertiary/aromatic N) is 3. The third kappa shape index (κ3) is 5.05. The number of anilines is 1. The van der Waals surface area contributed by atoms with E-state index in [1.807, 2.05) is 30.3 Å². The number of carbonyl (C=O) groups is 1. The minimum absolute atomic E-state index is 0.0906. The molecule has 1 aliphatic rings. The van der Waals surface area contributed by atoms with Crippen LogP contribution in [0.15, 0.2) is 48.7 Å². The summed E-state index contributed by atoms with van der Waals surface area (Å²) in [6.07, 6.45) is 3.63. The Morgan fingerprint density at radius 1 is 1.12 bits per heavy atom. The maximum Gasteiger partial charge on any atom is 0.269 e. The maximum atomic E-state index is 12.4. The number of likely N-dealkylation sites (N-methyl/N-ethyl adjacent to an activating group) is 1. The zero-order valence-corrected chi connectivity index (χ0v) is 15.5. The SMILES string of the molecule is CCN1CCN(c2ccnc(C(=O)NCCCc3ccccc3)c2)CC1. The van der Waals surface area contributed by atoms with Crippen LogP contribution in [0, 0.1) is 0 Å². The average Bonchev–Trinajstić information content (AvgIpc) is 2.72. The normalized spacial score (nSPS) is 15.0. The Kier molecular flexibility index (Phi) is 6.61. The second-order valence-electron chi connectivity index (χ2n) is 6.67. The predicted molar refractivity (Wildman–Crippen MR) is 106 cm³/mol. The fraction of sp³-hybridized carbons (Fsp3) is 0.429. The van der Waals surface area contributed by atoms with Crippen molar-refractivity contribution < 1.29 is 4.79 Å². The molecule has 5 nitrogen and oxygen atoms in total. The first-order valence-corrected chi connectivity index (χ1v) is 9.51. The van der Waals surface area contributed by atoms with E-state index in [2.05, 4.69) is 39.2 Å². The van der Waals surface area contributed by atoms with Gasteiger partial charge in [-0.2, -0.15) is 0 Å². The number of hydrogen-bond acceptors (Lipinski definition) is 4. The van der Waals surface area contributed by atoms with Gasteiger partial charge in [0.25, 0.3) is 5.91 Å². The van der Waals surface area contributed by atoms with Crippen LogP contribution in [0.1, 0.15) is 29.4 Å². The van der Waals surface area contributed by atoms with Crippen molar-refractivity contribution in [1.29, 1.82) is 0 Å². The second kappa shape index (κ2) is 9.34. The van der Waals surface area contributed by atoms with Crippen molar-refractivity contribution in [2.45, 2.75) is 19.8 Å². The Labute approximate surface area is 156 Å². The summed E-state index contributed by atoms with van der Waals surface area (Å²) in [5.74, 6) is -0.0906. The Hall–Kier alpha value is -2.40. The Balaban J connectivity index is 1.48. The monoisotopic (exact) mass is 352 g/mol. The molecule has 1 fully saturated rings. The van der Waals surface area contributed by atoms with E-state index in [4.69, 9.17) is 0 Å². The van der Waals surface area contributed by atoms with Crippen LogP contribution in [0.3, 0.4) is 0 Å². The van der Waals surface area contributed by atoms with Crippen LogP contribution in [-0.4, -0.2) is 55.1 Å². The molecule has 0 spiro atoms. The van der Waals surface area contributed by atoms with E-state index in [1.165, 1.54) is 5.56 Å². The van der Waals surface area contributed by atoms with E-state index in [0.717, 1.165) is 51.3 Å². The smallest absolute Gasteiger partial charge is 0.269 e. The minimum atomic E-state index is -0.0906. The molecule has 0 unspecified atom stereocenters. The van der Waals surface area contributed by atoms with Crippen molar-refractivity contribution in [3.05, 3.63) is 59.9 Å². The number of piperazine rings is 1. The molecule has 0 atom stereocenters. The fourth-order valence-corrected chi connectivity index (χ4v) is 3.29. The highest BCUT2D eigenvalue weighted by Crippen LogP contribution is 2.16. The van der Waals surface area contributed by atoms with Crippen LogP contribution in [0.4, 0.5) is 5.69 Å². The number of carbonyl (C=O) groups excluding carboxylic acids is 1. The lowest BCUT2D eigenvalue weighted by Crippen LogP contribution is -2.46. The summed E-state index contributed by atoms with van der Waals surface area (Å²) >= 11 is 0. The van der Waals surface area contributed by atoms with Crippen molar-refractivity contribution in [3.63, 3.8) is 0 Å². The van der Waals surface area contributed by atoms with E-state index in [9.17, 15) is 4.79 Å². The molecule has 1 aromatic carbocycles. The number of aromatic nitrogens is 1. The van der Waals surface area contributed by atoms with Crippen LogP contribution in [0.5, 0.6) is 0 Å². The minimum Gasteiger partial charge on any atom is -0.369 e. The van der Waals surface area contributed by atoms with Gasteiger partial charge in [0, 0.05) is 44.6 Å². The number of rotatable bonds is 7. The second-order valence-corrected chi connectivity index (χ2v) is 6.67. The topological polar surface area (TPSA) is 48.5 Å². The van der Waals surface area contributed by atoms with Crippen molar-refractivity contribution >= 4 is 11.6 Å². The summed E-state index contributed by atoms with van der Waals surface area (Å²) < 4.78 is 0. The summed E-state index contributed by atoms with van der Waals surface area (Å²) in [5, 5.41) is 2.99. The fourth-order valence-electron chi connectivity index (χ4n) is 3.29. The van der Waals surface area contributed by atoms with Crippen LogP contribution in [0.25, 0.3) is 0 Å². The Morgan fingerprint density at radius 3 is 2.62 bits per heavy atom. The van der Waals surface area contributed by atoms with E-state index in [1.54, 1.807) is 6.20 Å². The lowest BCUT2D eigenvalue weighted by atomic mass is 10.1. The number of aryl methyl sites for hydroxylation is 1. The molecular formula is C21H28N4O. The first-order chi connectivity index (χ1) is 12.8. The molecule has 1 aliphatic heterocycles. The Morgan fingerprint density at radius 2 is 1.88 bits per heavy atom. The number of nitrogens with one attached hydrogen (secondary N) is 1. The lowest BCUT2D eigenvalue weighted by Gasteiger charge is -2.35. The molecule has 1 amide bonds. The summed E-state index contributed by atoms with van der Waals surface area (Å²) in [5.41, 5.74) is 2.89. The summed E-state index contributed by atoms with van der Waals surface area (Å²) in [7, 11) is 0. The summed E-state index contributed by atoms with van der Waals surface area (Å²) in [4.78, 5) is 21.4. The van der Waals surface area contributed by atoms with Gasteiger partial charge in [0.05, 0.1) is 0 Å². The first-order valence-electron chi connectivity index (χ1n) is 9.51. The predicted octanol–water partition coefficient (Wildman–Crippen LogP) is 2.59. The number of pyridine rings is 1. The number of hydrogen-bond donors (Lipinski definition) is 1. The molecule has 0 bridgehead atoms. The molecule has 138 valence electrons. The van der Waals surface area contributed by atoms with Gasteiger partial charge in [0.2, 0.25) is 0 Å². The van der Waals surface area contributed by atoms with Crippen LogP contribution < -0.4 is 10.2 Å². The van der Waals surface area contributed by atoms with Gasteiger partial charge in [-0.3, -0.25) is 9.78 Å². The maximum absolute atomic E-state index is 12.4. The summed E-state index contributed by atoms with van der Waals surface area (Å²) in [6, 6.07) is 14.2. The average molecular weight is 352 g/mol. The molecule has 0 radical (unpaired) electrons. The van der Waals surface area contributed by atoms with E-state index < -0.39 is 0 Å². The molecule has 1 N–H and O–H groups in total. The van der Waals surface area contributed by atoms with E-state index in [0.29, 0.717) is 12.2 Å². The third-order valence-corrected chi connectivity index (χ3v) is 4.93. The van der Waals surface area contributed by atoms with Gasteiger partial charge in [-0.25, -0.2) is 0 Å². The lowest BCUT2D eigenvalue weighted by molar-refractivity contribution is 0.0948.